The van der Waals surface area contributed by atoms with E-state index in [4.69, 9.17) is 0 Å². The number of aldehydes is 1. The highest BCUT2D eigenvalue weighted by Gasteiger charge is 2.18. The van der Waals surface area contributed by atoms with Gasteiger partial charge in [-0.1, -0.05) is 13.0 Å². The molecule has 0 aliphatic rings. The lowest BCUT2D eigenvalue weighted by Gasteiger charge is -2.19. The van der Waals surface area contributed by atoms with Crippen LogP contribution in [0.3, 0.4) is 0 Å². The minimum absolute atomic E-state index is 0.0285. The number of pyridine rings is 1. The topological polar surface area (TPSA) is 101 Å². The molecule has 0 aliphatic carbocycles. The van der Waals surface area contributed by atoms with E-state index in [0.717, 1.165) is 37.7 Å². The Labute approximate surface area is 220 Å². The highest BCUT2D eigenvalue weighted by Crippen LogP contribution is 2.30. The lowest BCUT2D eigenvalue weighted by molar-refractivity contribution is -0.109. The average molecular weight is 523 g/mol. The largest absolute Gasteiger partial charge is 0.326 e. The maximum absolute atomic E-state index is 14.9. The van der Waals surface area contributed by atoms with Crippen LogP contribution in [0, 0.1) is 18.6 Å². The lowest BCUT2D eigenvalue weighted by Crippen LogP contribution is -2.33. The summed E-state index contributed by atoms with van der Waals surface area (Å²) in [6.45, 7) is 11.1. The second kappa shape index (κ2) is 12.1. The third-order valence-corrected chi connectivity index (χ3v) is 6.12. The number of nitrogens with zero attached hydrogens (tertiary/aromatic N) is 6. The number of imidazole rings is 1. The van der Waals surface area contributed by atoms with Gasteiger partial charge in [-0.05, 0) is 51.1 Å². The van der Waals surface area contributed by atoms with E-state index in [1.54, 1.807) is 18.3 Å². The zero-order valence-electron chi connectivity index (χ0n) is 22.0. The summed E-state index contributed by atoms with van der Waals surface area (Å²) in [5.41, 5.74) is 2.02. The molecule has 0 amide bonds. The Balaban J connectivity index is 1.55. The van der Waals surface area contributed by atoms with E-state index in [-0.39, 0.29) is 28.8 Å². The van der Waals surface area contributed by atoms with Gasteiger partial charge in [0.1, 0.15) is 29.1 Å². The highest BCUT2D eigenvalue weighted by molar-refractivity contribution is 5.83. The van der Waals surface area contributed by atoms with Crippen LogP contribution < -0.4 is 10.6 Å². The Hall–Kier alpha value is -3.83. The van der Waals surface area contributed by atoms with Gasteiger partial charge in [0, 0.05) is 37.4 Å². The Morgan fingerprint density at radius 1 is 1.11 bits per heavy atom. The first-order chi connectivity index (χ1) is 18.3. The van der Waals surface area contributed by atoms with Gasteiger partial charge in [-0.25, -0.2) is 28.7 Å². The van der Waals surface area contributed by atoms with Crippen LogP contribution in [-0.4, -0.2) is 61.9 Å². The van der Waals surface area contributed by atoms with Gasteiger partial charge < -0.3 is 20.0 Å². The number of aromatic nitrogens is 5. The summed E-state index contributed by atoms with van der Waals surface area (Å²) < 4.78 is 31.6. The van der Waals surface area contributed by atoms with Crippen molar-refractivity contribution in [2.24, 2.45) is 0 Å². The molecule has 2 N–H and O–H groups in total. The van der Waals surface area contributed by atoms with E-state index in [1.807, 2.05) is 43.2 Å². The van der Waals surface area contributed by atoms with E-state index >= 15 is 0 Å². The molecular formula is C27H32F2N8O. The van der Waals surface area contributed by atoms with Crippen LogP contribution in [0.5, 0.6) is 0 Å². The number of benzene rings is 1. The Kier molecular flexibility index (Phi) is 8.70. The predicted molar refractivity (Wildman–Crippen MR) is 143 cm³/mol. The molecule has 0 saturated carbocycles. The van der Waals surface area contributed by atoms with Crippen LogP contribution in [0.15, 0.2) is 36.7 Å². The van der Waals surface area contributed by atoms with Gasteiger partial charge in [0.2, 0.25) is 5.95 Å². The number of hydrogen-bond acceptors (Lipinski definition) is 8. The summed E-state index contributed by atoms with van der Waals surface area (Å²) in [5.74, 6) is 0.0644. The van der Waals surface area contributed by atoms with Crippen molar-refractivity contribution < 1.29 is 13.6 Å². The van der Waals surface area contributed by atoms with Crippen LogP contribution in [0.4, 0.5) is 20.5 Å². The molecule has 1 aromatic carbocycles. The van der Waals surface area contributed by atoms with Crippen LogP contribution in [0.1, 0.15) is 38.2 Å². The summed E-state index contributed by atoms with van der Waals surface area (Å²) in [5, 5.41) is 6.23. The number of nitrogens with one attached hydrogen (secondary N) is 2. The number of likely N-dealkylation sites (N-methyl/N-ethyl adjacent to an activating group) is 1. The third-order valence-electron chi connectivity index (χ3n) is 6.12. The van der Waals surface area contributed by atoms with E-state index < -0.39 is 11.6 Å². The van der Waals surface area contributed by atoms with Gasteiger partial charge in [0.25, 0.3) is 0 Å². The zero-order valence-corrected chi connectivity index (χ0v) is 22.0. The van der Waals surface area contributed by atoms with Crippen molar-refractivity contribution in [3.63, 3.8) is 0 Å². The number of fused-ring (bicyclic) bond motifs is 1. The molecular weight excluding hydrogens is 490 g/mol. The van der Waals surface area contributed by atoms with Crippen LogP contribution >= 0.6 is 0 Å². The summed E-state index contributed by atoms with van der Waals surface area (Å²) in [4.78, 5) is 30.1. The minimum atomic E-state index is -0.669. The number of hydrogen-bond donors (Lipinski definition) is 2. The van der Waals surface area contributed by atoms with Crippen molar-refractivity contribution in [1.29, 1.82) is 0 Å². The summed E-state index contributed by atoms with van der Waals surface area (Å²) in [6, 6.07) is 6.64. The Morgan fingerprint density at radius 2 is 1.92 bits per heavy atom. The van der Waals surface area contributed by atoms with E-state index in [9.17, 15) is 13.6 Å². The summed E-state index contributed by atoms with van der Waals surface area (Å²) in [7, 11) is 0. The monoisotopic (exact) mass is 522 g/mol. The summed E-state index contributed by atoms with van der Waals surface area (Å²) in [6.07, 6.45) is 3.64. The van der Waals surface area contributed by atoms with Gasteiger partial charge in [0.15, 0.2) is 11.6 Å². The van der Waals surface area contributed by atoms with Gasteiger partial charge in [-0.3, -0.25) is 4.90 Å². The van der Waals surface area contributed by atoms with Gasteiger partial charge >= 0.3 is 0 Å². The maximum Gasteiger partial charge on any atom is 0.229 e. The second-order valence-corrected chi connectivity index (χ2v) is 9.27. The second-order valence-electron chi connectivity index (χ2n) is 9.27. The molecule has 0 unspecified atom stereocenters. The van der Waals surface area contributed by atoms with Gasteiger partial charge in [-0.15, -0.1) is 0 Å². The molecule has 0 atom stereocenters. The first kappa shape index (κ1) is 27.2. The van der Waals surface area contributed by atoms with Crippen LogP contribution in [0.2, 0.25) is 0 Å². The van der Waals surface area contributed by atoms with Gasteiger partial charge in [-0.2, -0.15) is 0 Å². The van der Waals surface area contributed by atoms with Crippen molar-refractivity contribution >= 4 is 29.1 Å². The zero-order chi connectivity index (χ0) is 27.2. The van der Waals surface area contributed by atoms with E-state index in [2.05, 4.69) is 30.6 Å². The minimum Gasteiger partial charge on any atom is -0.326 e. The van der Waals surface area contributed by atoms with Crippen molar-refractivity contribution in [2.45, 2.75) is 40.3 Å². The number of carbonyl (C=O) groups excluding carboxylic acids is 1. The Morgan fingerprint density at radius 3 is 2.61 bits per heavy atom. The fourth-order valence-electron chi connectivity index (χ4n) is 4.41. The van der Waals surface area contributed by atoms with Crippen LogP contribution in [0.25, 0.3) is 22.3 Å². The number of carbonyl (C=O) groups is 1. The Bertz CT molecular complexity index is 1400. The molecule has 11 heteroatoms. The molecule has 0 fully saturated rings. The molecule has 200 valence electrons. The van der Waals surface area contributed by atoms with Crippen molar-refractivity contribution in [3.8, 4) is 11.3 Å². The molecule has 4 rings (SSSR count). The molecule has 0 bridgehead atoms. The number of halogens is 2. The normalized spacial score (nSPS) is 11.6. The molecule has 3 aromatic heterocycles. The number of anilines is 2. The van der Waals surface area contributed by atoms with Crippen molar-refractivity contribution in [2.75, 3.05) is 31.5 Å². The quantitative estimate of drug-likeness (QED) is 0.209. The summed E-state index contributed by atoms with van der Waals surface area (Å²) >= 11 is 0. The highest BCUT2D eigenvalue weighted by atomic mass is 19.1. The molecule has 0 aliphatic heterocycles. The molecule has 3 heterocycles. The first-order valence-corrected chi connectivity index (χ1v) is 12.6. The SMILES string of the molecule is CCNCCN(CC=O)Cc1ccc(Nc2ncc(F)c(-c3cc(F)c4nc(C)n(C(C)C)c4c3)n2)nc1. The van der Waals surface area contributed by atoms with Crippen molar-refractivity contribution in [1.82, 2.24) is 34.7 Å². The van der Waals surface area contributed by atoms with Gasteiger partial charge in [0.05, 0.1) is 18.3 Å². The van der Waals surface area contributed by atoms with E-state index in [0.29, 0.717) is 30.2 Å². The molecule has 0 saturated heterocycles. The van der Waals surface area contributed by atoms with Crippen LogP contribution in [-0.2, 0) is 11.3 Å². The number of rotatable bonds is 12. The van der Waals surface area contributed by atoms with E-state index in [1.165, 1.54) is 6.07 Å². The molecule has 9 nitrogen and oxygen atoms in total. The molecule has 4 aromatic rings. The molecule has 0 spiro atoms. The van der Waals surface area contributed by atoms with Crippen molar-refractivity contribution in [3.05, 3.63) is 59.7 Å². The number of aryl methyl sites for hydroxylation is 1. The maximum atomic E-state index is 14.9. The fraction of sp³-hybridized carbons (Fsp3) is 0.370. The standard InChI is InChI=1S/C27H32F2N8O/c1-5-30-8-9-36(10-11-38)16-19-6-7-24(31-14-19)34-27-32-15-22(29)25(35-27)20-12-21(28)26-23(13-20)37(17(2)3)18(4)33-26/h6-7,11-15,17,30H,5,8-10,16H2,1-4H3,(H,31,32,34,35). The molecule has 38 heavy (non-hydrogen) atoms. The first-order valence-electron chi connectivity index (χ1n) is 12.6. The smallest absolute Gasteiger partial charge is 0.229 e. The lowest BCUT2D eigenvalue weighted by atomic mass is 10.1. The fourth-order valence-corrected chi connectivity index (χ4v) is 4.41. The molecule has 0 radical (unpaired) electrons. The predicted octanol–water partition coefficient (Wildman–Crippen LogP) is 4.41. The third kappa shape index (κ3) is 6.17. The average Bonchev–Trinajstić information content (AvgIpc) is 3.23.